The van der Waals surface area contributed by atoms with E-state index in [1.807, 2.05) is 29.2 Å². The molecule has 0 spiro atoms. The van der Waals surface area contributed by atoms with Crippen LogP contribution in [0.1, 0.15) is 10.6 Å². The Balaban J connectivity index is 1.57. The largest absolute Gasteiger partial charge is 0.416 e. The molecule has 9 heteroatoms. The van der Waals surface area contributed by atoms with Gasteiger partial charge in [0.15, 0.2) is 0 Å². The van der Waals surface area contributed by atoms with E-state index < -0.39 is 17.6 Å². The molecule has 30 heavy (non-hydrogen) atoms. The molecule has 4 rings (SSSR count). The van der Waals surface area contributed by atoms with Gasteiger partial charge in [-0.2, -0.15) is 13.2 Å². The molecule has 1 saturated heterocycles. The van der Waals surface area contributed by atoms with Crippen LogP contribution in [0.2, 0.25) is 0 Å². The molecular weight excluding hydrogens is 415 g/mol. The van der Waals surface area contributed by atoms with Crippen molar-refractivity contribution in [2.24, 2.45) is 0 Å². The maximum absolute atomic E-state index is 13.2. The number of carbonyl (C=O) groups excluding carboxylic acids is 1. The number of alkyl halides is 3. The lowest BCUT2D eigenvalue weighted by Gasteiger charge is -2.30. The minimum absolute atomic E-state index is 0.116. The third-order valence-electron chi connectivity index (χ3n) is 4.62. The molecule has 0 unspecified atom stereocenters. The summed E-state index contributed by atoms with van der Waals surface area (Å²) in [6.45, 7) is 2.03. The van der Waals surface area contributed by atoms with Crippen molar-refractivity contribution < 1.29 is 22.7 Å². The third kappa shape index (κ3) is 4.63. The fraction of sp³-hybridized carbons (Fsp3) is 0.238. The molecule has 0 atom stereocenters. The predicted molar refractivity (Wildman–Crippen MR) is 112 cm³/mol. The Morgan fingerprint density at radius 1 is 1.17 bits per heavy atom. The third-order valence-corrected chi connectivity index (χ3v) is 5.62. The minimum atomic E-state index is -4.50. The van der Waals surface area contributed by atoms with Gasteiger partial charge in [0.25, 0.3) is 0 Å². The number of nitrogens with one attached hydrogen (secondary N) is 1. The van der Waals surface area contributed by atoms with Crippen LogP contribution in [-0.2, 0) is 15.7 Å². The van der Waals surface area contributed by atoms with Gasteiger partial charge >= 0.3 is 6.18 Å². The fourth-order valence-corrected chi connectivity index (χ4v) is 4.05. The van der Waals surface area contributed by atoms with Crippen LogP contribution in [-0.4, -0.2) is 37.2 Å². The molecule has 0 radical (unpaired) electrons. The Labute approximate surface area is 174 Å². The highest BCUT2D eigenvalue weighted by atomic mass is 32.1. The molecule has 5 nitrogen and oxygen atoms in total. The Morgan fingerprint density at radius 2 is 1.93 bits per heavy atom. The van der Waals surface area contributed by atoms with E-state index in [1.165, 1.54) is 23.5 Å². The number of benzene rings is 2. The molecule has 0 aliphatic carbocycles. The smallest absolute Gasteiger partial charge is 0.378 e. The van der Waals surface area contributed by atoms with Crippen molar-refractivity contribution in [2.45, 2.75) is 6.18 Å². The van der Waals surface area contributed by atoms with E-state index >= 15 is 0 Å². The molecule has 2 heterocycles. The van der Waals surface area contributed by atoms with Crippen molar-refractivity contribution in [3.05, 3.63) is 59.1 Å². The standard InChI is InChI=1S/C21H18F3N3O2S/c22-21(23,24)14-5-6-17(27-9-11-29-12-10-27)16(13-14)25-19(28)7-8-20-26-15-3-1-2-4-18(15)30-20/h1-8,13H,9-12H2,(H,25,28)/b8-7+. The Morgan fingerprint density at radius 3 is 2.67 bits per heavy atom. The first-order chi connectivity index (χ1) is 14.4. The summed E-state index contributed by atoms with van der Waals surface area (Å²) < 4.78 is 45.8. The quantitative estimate of drug-likeness (QED) is 0.601. The molecule has 1 aromatic heterocycles. The van der Waals surface area contributed by atoms with Crippen molar-refractivity contribution in [2.75, 3.05) is 36.5 Å². The monoisotopic (exact) mass is 433 g/mol. The first-order valence-corrected chi connectivity index (χ1v) is 10.1. The summed E-state index contributed by atoms with van der Waals surface area (Å²) in [4.78, 5) is 18.8. The van der Waals surface area contributed by atoms with Crippen LogP contribution in [0.15, 0.2) is 48.5 Å². The summed E-state index contributed by atoms with van der Waals surface area (Å²) in [5, 5.41) is 3.24. The van der Waals surface area contributed by atoms with Crippen molar-refractivity contribution in [3.63, 3.8) is 0 Å². The number of para-hydroxylation sites is 1. The van der Waals surface area contributed by atoms with E-state index in [0.29, 0.717) is 37.0 Å². The highest BCUT2D eigenvalue weighted by molar-refractivity contribution is 7.19. The number of hydrogen-bond donors (Lipinski definition) is 1. The number of ether oxygens (including phenoxy) is 1. The van der Waals surface area contributed by atoms with Crippen LogP contribution in [0.3, 0.4) is 0 Å². The fourth-order valence-electron chi connectivity index (χ4n) is 3.18. The number of carbonyl (C=O) groups is 1. The summed E-state index contributed by atoms with van der Waals surface area (Å²) >= 11 is 1.43. The number of rotatable bonds is 4. The molecule has 1 N–H and O–H groups in total. The first kappa shape index (κ1) is 20.4. The molecule has 1 amide bonds. The molecule has 0 bridgehead atoms. The summed E-state index contributed by atoms with van der Waals surface area (Å²) in [6, 6.07) is 11.0. The Hall–Kier alpha value is -2.91. The van der Waals surface area contributed by atoms with Gasteiger partial charge in [-0.1, -0.05) is 12.1 Å². The lowest BCUT2D eigenvalue weighted by molar-refractivity contribution is -0.137. The van der Waals surface area contributed by atoms with Crippen LogP contribution in [0.4, 0.5) is 24.5 Å². The van der Waals surface area contributed by atoms with E-state index in [-0.39, 0.29) is 5.69 Å². The van der Waals surface area contributed by atoms with Crippen molar-refractivity contribution in [3.8, 4) is 0 Å². The molecular formula is C21H18F3N3O2S. The van der Waals surface area contributed by atoms with Crippen LogP contribution in [0.5, 0.6) is 0 Å². The minimum Gasteiger partial charge on any atom is -0.378 e. The van der Waals surface area contributed by atoms with Gasteiger partial charge in [0.1, 0.15) is 5.01 Å². The molecule has 156 valence electrons. The maximum Gasteiger partial charge on any atom is 0.416 e. The number of halogens is 3. The lowest BCUT2D eigenvalue weighted by atomic mass is 10.1. The summed E-state index contributed by atoms with van der Waals surface area (Å²) in [5.41, 5.74) is 0.665. The van der Waals surface area contributed by atoms with Gasteiger partial charge in [-0.25, -0.2) is 4.98 Å². The van der Waals surface area contributed by atoms with E-state index in [9.17, 15) is 18.0 Å². The highest BCUT2D eigenvalue weighted by Gasteiger charge is 2.31. The van der Waals surface area contributed by atoms with Crippen LogP contribution in [0, 0.1) is 0 Å². The van der Waals surface area contributed by atoms with E-state index in [1.54, 1.807) is 6.08 Å². The van der Waals surface area contributed by atoms with Gasteiger partial charge in [-0.15, -0.1) is 11.3 Å². The van der Waals surface area contributed by atoms with Crippen LogP contribution >= 0.6 is 11.3 Å². The number of hydrogen-bond acceptors (Lipinski definition) is 5. The lowest BCUT2D eigenvalue weighted by Crippen LogP contribution is -2.36. The molecule has 1 fully saturated rings. The molecule has 1 aliphatic heterocycles. The zero-order valence-corrected chi connectivity index (χ0v) is 16.6. The van der Waals surface area contributed by atoms with E-state index in [0.717, 1.165) is 22.3 Å². The zero-order valence-electron chi connectivity index (χ0n) is 15.8. The van der Waals surface area contributed by atoms with Crippen molar-refractivity contribution in [1.82, 2.24) is 4.98 Å². The van der Waals surface area contributed by atoms with Gasteiger partial charge < -0.3 is 15.0 Å². The second-order valence-electron chi connectivity index (χ2n) is 6.67. The summed E-state index contributed by atoms with van der Waals surface area (Å²) in [6.07, 6.45) is -1.66. The first-order valence-electron chi connectivity index (χ1n) is 9.29. The molecule has 3 aromatic rings. The van der Waals surface area contributed by atoms with Gasteiger partial charge in [0, 0.05) is 19.2 Å². The van der Waals surface area contributed by atoms with Crippen LogP contribution < -0.4 is 10.2 Å². The van der Waals surface area contributed by atoms with E-state index in [4.69, 9.17) is 4.74 Å². The van der Waals surface area contributed by atoms with Gasteiger partial charge in [-0.3, -0.25) is 4.79 Å². The number of morpholine rings is 1. The van der Waals surface area contributed by atoms with Crippen molar-refractivity contribution >= 4 is 44.9 Å². The maximum atomic E-state index is 13.2. The number of nitrogens with zero attached hydrogens (tertiary/aromatic N) is 2. The molecule has 0 saturated carbocycles. The predicted octanol–water partition coefficient (Wildman–Crippen LogP) is 4.80. The zero-order chi connectivity index (χ0) is 21.1. The van der Waals surface area contributed by atoms with Crippen LogP contribution in [0.25, 0.3) is 16.3 Å². The number of fused-ring (bicyclic) bond motifs is 1. The normalized spacial score (nSPS) is 15.1. The van der Waals surface area contributed by atoms with Crippen molar-refractivity contribution in [1.29, 1.82) is 0 Å². The number of anilines is 2. The highest BCUT2D eigenvalue weighted by Crippen LogP contribution is 2.35. The number of thiazole rings is 1. The van der Waals surface area contributed by atoms with Gasteiger partial charge in [0.2, 0.25) is 5.91 Å². The van der Waals surface area contributed by atoms with E-state index in [2.05, 4.69) is 10.3 Å². The topological polar surface area (TPSA) is 54.5 Å². The summed E-state index contributed by atoms with van der Waals surface area (Å²) in [5.74, 6) is -0.525. The SMILES string of the molecule is O=C(/C=C/c1nc2ccccc2s1)Nc1cc(C(F)(F)F)ccc1N1CCOCC1. The Bertz CT molecular complexity index is 1060. The molecule has 2 aromatic carbocycles. The Kier molecular flexibility index (Phi) is 5.74. The summed E-state index contributed by atoms with van der Waals surface area (Å²) in [7, 11) is 0. The second kappa shape index (κ2) is 8.45. The van der Waals surface area contributed by atoms with Gasteiger partial charge in [-0.05, 0) is 36.4 Å². The number of amides is 1. The number of aromatic nitrogens is 1. The molecule has 1 aliphatic rings. The average molecular weight is 433 g/mol. The second-order valence-corrected chi connectivity index (χ2v) is 7.73. The average Bonchev–Trinajstić information content (AvgIpc) is 3.15. The van der Waals surface area contributed by atoms with Gasteiger partial charge in [0.05, 0.1) is 40.4 Å².